The fourth-order valence-electron chi connectivity index (χ4n) is 1.74. The molecule has 4 nitrogen and oxygen atoms in total. The molecule has 2 heterocycles. The van der Waals surface area contributed by atoms with Gasteiger partial charge in [0.1, 0.15) is 12.4 Å². The van der Waals surface area contributed by atoms with Gasteiger partial charge in [0.05, 0.1) is 17.6 Å². The highest BCUT2D eigenvalue weighted by atomic mass is 79.9. The van der Waals surface area contributed by atoms with Gasteiger partial charge in [-0.25, -0.2) is 0 Å². The van der Waals surface area contributed by atoms with Crippen molar-refractivity contribution in [2.75, 3.05) is 6.54 Å². The van der Waals surface area contributed by atoms with Gasteiger partial charge in [0, 0.05) is 17.2 Å². The van der Waals surface area contributed by atoms with Crippen LogP contribution in [0.15, 0.2) is 41.1 Å². The van der Waals surface area contributed by atoms with Crippen LogP contribution in [0.4, 0.5) is 0 Å². The number of aromatic nitrogens is 2. The highest BCUT2D eigenvalue weighted by molar-refractivity contribution is 9.10. The maximum Gasteiger partial charge on any atom is 0.138 e. The quantitative estimate of drug-likeness (QED) is 0.829. The Morgan fingerprint density at radius 1 is 1.10 bits per heavy atom. The van der Waals surface area contributed by atoms with E-state index in [-0.39, 0.29) is 0 Å². The van der Waals surface area contributed by atoms with Crippen LogP contribution in [0.25, 0.3) is 0 Å². The number of nitrogens with zero attached hydrogens (tertiary/aromatic N) is 2. The van der Waals surface area contributed by atoms with Gasteiger partial charge >= 0.3 is 0 Å². The second-order valence-corrected chi connectivity index (χ2v) is 6.18. The van der Waals surface area contributed by atoms with Gasteiger partial charge in [0.25, 0.3) is 0 Å². The summed E-state index contributed by atoms with van der Waals surface area (Å²) in [5.74, 6) is 1.40. The zero-order valence-electron chi connectivity index (χ0n) is 12.3. The van der Waals surface area contributed by atoms with Crippen molar-refractivity contribution >= 4 is 15.9 Å². The minimum Gasteiger partial charge on any atom is -0.486 e. The summed E-state index contributed by atoms with van der Waals surface area (Å²) in [6, 6.07) is 7.81. The number of hydrogen-bond donors (Lipinski definition) is 1. The Labute approximate surface area is 134 Å². The number of ether oxygens (including phenoxy) is 1. The fourth-order valence-corrected chi connectivity index (χ4v) is 1.97. The molecule has 112 valence electrons. The van der Waals surface area contributed by atoms with Gasteiger partial charge in [-0.15, -0.1) is 0 Å². The highest BCUT2D eigenvalue weighted by Crippen LogP contribution is 2.12. The molecule has 2 aromatic rings. The van der Waals surface area contributed by atoms with Crippen LogP contribution in [0, 0.1) is 5.92 Å². The molecule has 0 spiro atoms. The average Bonchev–Trinajstić information content (AvgIpc) is 2.48. The molecule has 21 heavy (non-hydrogen) atoms. The van der Waals surface area contributed by atoms with Crippen LogP contribution >= 0.6 is 15.9 Å². The number of hydrogen-bond acceptors (Lipinski definition) is 4. The van der Waals surface area contributed by atoms with E-state index in [1.807, 2.05) is 24.3 Å². The predicted octanol–water partition coefficient (Wildman–Crippen LogP) is 3.56. The van der Waals surface area contributed by atoms with Gasteiger partial charge in [0.2, 0.25) is 0 Å². The van der Waals surface area contributed by atoms with Gasteiger partial charge < -0.3 is 10.1 Å². The first-order valence-electron chi connectivity index (χ1n) is 7.02. The van der Waals surface area contributed by atoms with Crippen molar-refractivity contribution in [2.24, 2.45) is 5.92 Å². The van der Waals surface area contributed by atoms with Crippen molar-refractivity contribution in [1.82, 2.24) is 15.3 Å². The smallest absolute Gasteiger partial charge is 0.138 e. The summed E-state index contributed by atoms with van der Waals surface area (Å²) < 4.78 is 6.63. The van der Waals surface area contributed by atoms with E-state index in [4.69, 9.17) is 4.74 Å². The van der Waals surface area contributed by atoms with E-state index in [0.717, 1.165) is 34.7 Å². The lowest BCUT2D eigenvalue weighted by molar-refractivity contribution is 0.300. The summed E-state index contributed by atoms with van der Waals surface area (Å²) in [5, 5.41) is 3.37. The van der Waals surface area contributed by atoms with Crippen molar-refractivity contribution in [2.45, 2.75) is 27.0 Å². The third-order valence-corrected chi connectivity index (χ3v) is 3.30. The zero-order chi connectivity index (χ0) is 15.1. The molecule has 0 saturated carbocycles. The maximum absolute atomic E-state index is 5.67. The van der Waals surface area contributed by atoms with Crippen molar-refractivity contribution in [3.05, 3.63) is 52.5 Å². The zero-order valence-corrected chi connectivity index (χ0v) is 13.9. The topological polar surface area (TPSA) is 47.0 Å². The molecule has 1 N–H and O–H groups in total. The first kappa shape index (κ1) is 15.9. The fraction of sp³-hybridized carbons (Fsp3) is 0.375. The molecule has 0 amide bonds. The third kappa shape index (κ3) is 5.81. The molecular formula is C16H20BrN3O. The summed E-state index contributed by atoms with van der Waals surface area (Å²) in [6.45, 7) is 6.60. The summed E-state index contributed by atoms with van der Waals surface area (Å²) in [7, 11) is 0. The Hall–Kier alpha value is -1.46. The molecule has 0 aromatic carbocycles. The van der Waals surface area contributed by atoms with Crippen LogP contribution in [0.5, 0.6) is 5.75 Å². The normalized spacial score (nSPS) is 10.9. The molecule has 0 fully saturated rings. The van der Waals surface area contributed by atoms with Gasteiger partial charge in [-0.2, -0.15) is 0 Å². The van der Waals surface area contributed by atoms with Crippen LogP contribution in [-0.4, -0.2) is 16.5 Å². The van der Waals surface area contributed by atoms with Crippen molar-refractivity contribution in [3.8, 4) is 5.75 Å². The maximum atomic E-state index is 5.67. The minimum atomic E-state index is 0.444. The number of nitrogens with one attached hydrogen (secondary N) is 1. The van der Waals surface area contributed by atoms with E-state index in [0.29, 0.717) is 12.5 Å². The van der Waals surface area contributed by atoms with Crippen molar-refractivity contribution in [1.29, 1.82) is 0 Å². The Morgan fingerprint density at radius 3 is 2.48 bits per heavy atom. The van der Waals surface area contributed by atoms with Gasteiger partial charge in [-0.3, -0.25) is 9.97 Å². The van der Waals surface area contributed by atoms with Crippen LogP contribution in [0.1, 0.15) is 25.2 Å². The molecule has 5 heteroatoms. The van der Waals surface area contributed by atoms with Gasteiger partial charge in [-0.1, -0.05) is 13.8 Å². The molecule has 2 aromatic heterocycles. The largest absolute Gasteiger partial charge is 0.486 e. The summed E-state index contributed by atoms with van der Waals surface area (Å²) in [5.41, 5.74) is 1.91. The van der Waals surface area contributed by atoms with Gasteiger partial charge in [-0.05, 0) is 52.7 Å². The van der Waals surface area contributed by atoms with E-state index in [2.05, 4.69) is 45.1 Å². The summed E-state index contributed by atoms with van der Waals surface area (Å²) in [4.78, 5) is 8.65. The van der Waals surface area contributed by atoms with Crippen molar-refractivity contribution in [3.63, 3.8) is 0 Å². The lowest BCUT2D eigenvalue weighted by Crippen LogP contribution is -2.19. The second kappa shape index (κ2) is 8.10. The molecule has 0 unspecified atom stereocenters. The Kier molecular flexibility index (Phi) is 6.14. The van der Waals surface area contributed by atoms with Crippen LogP contribution in [0.3, 0.4) is 0 Å². The first-order valence-corrected chi connectivity index (χ1v) is 7.81. The lowest BCUT2D eigenvalue weighted by Gasteiger charge is -2.08. The van der Waals surface area contributed by atoms with E-state index in [9.17, 15) is 0 Å². The average molecular weight is 350 g/mol. The molecule has 0 bridgehead atoms. The molecule has 0 aliphatic carbocycles. The molecular weight excluding hydrogens is 330 g/mol. The summed E-state index contributed by atoms with van der Waals surface area (Å²) >= 11 is 3.36. The van der Waals surface area contributed by atoms with E-state index < -0.39 is 0 Å². The van der Waals surface area contributed by atoms with E-state index in [1.165, 1.54) is 0 Å². The summed E-state index contributed by atoms with van der Waals surface area (Å²) in [6.07, 6.45) is 3.52. The minimum absolute atomic E-state index is 0.444. The molecule has 2 rings (SSSR count). The van der Waals surface area contributed by atoms with Crippen LogP contribution in [0.2, 0.25) is 0 Å². The Morgan fingerprint density at radius 2 is 1.86 bits per heavy atom. The Bertz CT molecular complexity index is 540. The van der Waals surface area contributed by atoms with Gasteiger partial charge in [0.15, 0.2) is 0 Å². The molecule has 0 saturated heterocycles. The van der Waals surface area contributed by atoms with Crippen LogP contribution < -0.4 is 10.1 Å². The molecule has 0 aliphatic heterocycles. The Balaban J connectivity index is 1.80. The van der Waals surface area contributed by atoms with Crippen LogP contribution in [-0.2, 0) is 13.2 Å². The third-order valence-electron chi connectivity index (χ3n) is 2.83. The number of halogens is 1. The second-order valence-electron chi connectivity index (χ2n) is 5.27. The van der Waals surface area contributed by atoms with Crippen molar-refractivity contribution < 1.29 is 4.74 Å². The number of rotatable bonds is 7. The predicted molar refractivity (Wildman–Crippen MR) is 87.1 cm³/mol. The molecule has 0 radical (unpaired) electrons. The standard InChI is InChI=1S/C16H20BrN3O/c1-12(2)7-18-9-14-5-6-16(10-20-14)21-11-15-4-3-13(17)8-19-15/h3-6,8,10,12,18H,7,9,11H2,1-2H3. The molecule has 0 aliphatic rings. The first-order chi connectivity index (χ1) is 10.1. The van der Waals surface area contributed by atoms with E-state index in [1.54, 1.807) is 12.4 Å². The number of pyridine rings is 2. The lowest BCUT2D eigenvalue weighted by atomic mass is 10.2. The SMILES string of the molecule is CC(C)CNCc1ccc(OCc2ccc(Br)cn2)cn1. The molecule has 0 atom stereocenters. The highest BCUT2D eigenvalue weighted by Gasteiger charge is 2.00. The van der Waals surface area contributed by atoms with E-state index >= 15 is 0 Å². The monoisotopic (exact) mass is 349 g/mol.